The van der Waals surface area contributed by atoms with E-state index in [1.807, 2.05) is 12.1 Å². The van der Waals surface area contributed by atoms with Crippen LogP contribution in [0.4, 0.5) is 5.69 Å². The summed E-state index contributed by atoms with van der Waals surface area (Å²) in [4.78, 5) is 25.0. The standard InChI is InChI=1S/C22H15Cl2NO5/c1-28-22(27)16-8-12(13-3-7-19-20(9-13)30-11-29-19)2-6-18(16)25-21(26)15-5-4-14(23)10-17(15)24/h2-10H,11H2,1H3,(H,25,26). The molecule has 3 aromatic carbocycles. The first-order chi connectivity index (χ1) is 14.5. The van der Waals surface area contributed by atoms with Gasteiger partial charge in [-0.1, -0.05) is 35.3 Å². The molecular weight excluding hydrogens is 429 g/mol. The number of carbonyl (C=O) groups is 2. The molecule has 0 unspecified atom stereocenters. The number of hydrogen-bond acceptors (Lipinski definition) is 5. The van der Waals surface area contributed by atoms with Crippen LogP contribution >= 0.6 is 23.2 Å². The highest BCUT2D eigenvalue weighted by Gasteiger charge is 2.19. The van der Waals surface area contributed by atoms with Crippen LogP contribution in [-0.4, -0.2) is 25.8 Å². The van der Waals surface area contributed by atoms with Gasteiger partial charge in [0.15, 0.2) is 11.5 Å². The number of hydrogen-bond donors (Lipinski definition) is 1. The van der Waals surface area contributed by atoms with E-state index in [4.69, 9.17) is 37.4 Å². The van der Waals surface area contributed by atoms with E-state index < -0.39 is 11.9 Å². The molecule has 6 nitrogen and oxygen atoms in total. The topological polar surface area (TPSA) is 73.9 Å². The normalized spacial score (nSPS) is 11.8. The number of carbonyl (C=O) groups excluding carboxylic acids is 2. The Balaban J connectivity index is 1.68. The van der Waals surface area contributed by atoms with Crippen LogP contribution < -0.4 is 14.8 Å². The quantitative estimate of drug-likeness (QED) is 0.544. The lowest BCUT2D eigenvalue weighted by Crippen LogP contribution is -2.16. The number of amides is 1. The third-order valence-corrected chi connectivity index (χ3v) is 5.10. The summed E-state index contributed by atoms with van der Waals surface area (Å²) >= 11 is 12.0. The van der Waals surface area contributed by atoms with Gasteiger partial charge in [-0.25, -0.2) is 4.79 Å². The lowest BCUT2D eigenvalue weighted by atomic mass is 10.0. The summed E-state index contributed by atoms with van der Waals surface area (Å²) in [6.45, 7) is 0.171. The Labute approximate surface area is 182 Å². The molecule has 3 aromatic rings. The van der Waals surface area contributed by atoms with Crippen molar-refractivity contribution >= 4 is 40.8 Å². The van der Waals surface area contributed by atoms with Crippen molar-refractivity contribution in [1.29, 1.82) is 0 Å². The van der Waals surface area contributed by atoms with E-state index in [1.165, 1.54) is 19.2 Å². The molecule has 0 saturated carbocycles. The van der Waals surface area contributed by atoms with E-state index in [9.17, 15) is 9.59 Å². The molecule has 1 aliphatic rings. The second kappa shape index (κ2) is 8.26. The second-order valence-electron chi connectivity index (χ2n) is 6.40. The van der Waals surface area contributed by atoms with Gasteiger partial charge in [-0.05, 0) is 53.6 Å². The van der Waals surface area contributed by atoms with Crippen molar-refractivity contribution in [2.45, 2.75) is 0 Å². The number of benzene rings is 3. The van der Waals surface area contributed by atoms with Gasteiger partial charge in [0.2, 0.25) is 6.79 Å². The highest BCUT2D eigenvalue weighted by Crippen LogP contribution is 2.37. The van der Waals surface area contributed by atoms with Crippen molar-refractivity contribution in [2.24, 2.45) is 0 Å². The molecule has 0 radical (unpaired) electrons. The maximum atomic E-state index is 12.7. The number of nitrogens with one attached hydrogen (secondary N) is 1. The lowest BCUT2D eigenvalue weighted by Gasteiger charge is -2.13. The van der Waals surface area contributed by atoms with E-state index in [-0.39, 0.29) is 22.9 Å². The SMILES string of the molecule is COC(=O)c1cc(-c2ccc3c(c2)OCO3)ccc1NC(=O)c1ccc(Cl)cc1Cl. The van der Waals surface area contributed by atoms with Gasteiger partial charge in [0.05, 0.1) is 28.9 Å². The fourth-order valence-electron chi connectivity index (χ4n) is 3.05. The van der Waals surface area contributed by atoms with Gasteiger partial charge in [0.1, 0.15) is 0 Å². The van der Waals surface area contributed by atoms with Crippen molar-refractivity contribution in [3.05, 3.63) is 75.8 Å². The number of esters is 1. The minimum atomic E-state index is -0.588. The van der Waals surface area contributed by atoms with Gasteiger partial charge in [-0.3, -0.25) is 4.79 Å². The maximum absolute atomic E-state index is 12.7. The molecule has 0 saturated heterocycles. The van der Waals surface area contributed by atoms with E-state index in [1.54, 1.807) is 30.3 Å². The van der Waals surface area contributed by atoms with Crippen molar-refractivity contribution in [1.82, 2.24) is 0 Å². The van der Waals surface area contributed by atoms with Crippen molar-refractivity contribution in [3.63, 3.8) is 0 Å². The summed E-state index contributed by atoms with van der Waals surface area (Å²) in [5, 5.41) is 3.33. The first-order valence-electron chi connectivity index (χ1n) is 8.85. The van der Waals surface area contributed by atoms with E-state index in [2.05, 4.69) is 5.32 Å². The Morgan fingerprint density at radius 3 is 2.40 bits per heavy atom. The fourth-order valence-corrected chi connectivity index (χ4v) is 3.55. The number of methoxy groups -OCH3 is 1. The van der Waals surface area contributed by atoms with Crippen LogP contribution in [-0.2, 0) is 4.74 Å². The summed E-state index contributed by atoms with van der Waals surface area (Å²) in [6.07, 6.45) is 0. The molecule has 1 aliphatic heterocycles. The minimum Gasteiger partial charge on any atom is -0.465 e. The Kier molecular flexibility index (Phi) is 5.53. The van der Waals surface area contributed by atoms with Crippen LogP contribution in [0.3, 0.4) is 0 Å². The third-order valence-electron chi connectivity index (χ3n) is 4.55. The average Bonchev–Trinajstić information content (AvgIpc) is 3.21. The van der Waals surface area contributed by atoms with Gasteiger partial charge in [-0.2, -0.15) is 0 Å². The second-order valence-corrected chi connectivity index (χ2v) is 7.24. The molecule has 1 amide bonds. The highest BCUT2D eigenvalue weighted by molar-refractivity contribution is 6.37. The number of ether oxygens (including phenoxy) is 3. The first-order valence-corrected chi connectivity index (χ1v) is 9.60. The number of halogens is 2. The van der Waals surface area contributed by atoms with Crippen molar-refractivity contribution in [2.75, 3.05) is 19.2 Å². The summed E-state index contributed by atoms with van der Waals surface area (Å²) in [5.74, 6) is 0.227. The Bertz CT molecular complexity index is 1160. The Morgan fingerprint density at radius 1 is 0.900 bits per heavy atom. The van der Waals surface area contributed by atoms with Crippen molar-refractivity contribution in [3.8, 4) is 22.6 Å². The molecule has 1 N–H and O–H groups in total. The minimum absolute atomic E-state index is 0.171. The summed E-state index contributed by atoms with van der Waals surface area (Å²) in [6, 6.07) is 15.1. The smallest absolute Gasteiger partial charge is 0.339 e. The fraction of sp³-hybridized carbons (Fsp3) is 0.0909. The summed E-state index contributed by atoms with van der Waals surface area (Å²) in [5.41, 5.74) is 2.30. The number of fused-ring (bicyclic) bond motifs is 1. The van der Waals surface area contributed by atoms with Gasteiger partial charge in [0, 0.05) is 5.02 Å². The molecule has 0 aromatic heterocycles. The average molecular weight is 444 g/mol. The van der Waals surface area contributed by atoms with E-state index in [0.29, 0.717) is 22.2 Å². The summed E-state index contributed by atoms with van der Waals surface area (Å²) < 4.78 is 15.6. The molecular formula is C22H15Cl2NO5. The third kappa shape index (κ3) is 3.92. The lowest BCUT2D eigenvalue weighted by molar-refractivity contribution is 0.0602. The Hall–Kier alpha value is -3.22. The zero-order chi connectivity index (χ0) is 21.3. The van der Waals surface area contributed by atoms with Crippen LogP contribution in [0.2, 0.25) is 10.0 Å². The van der Waals surface area contributed by atoms with Crippen LogP contribution in [0.15, 0.2) is 54.6 Å². The molecule has 30 heavy (non-hydrogen) atoms. The van der Waals surface area contributed by atoms with Gasteiger partial charge >= 0.3 is 5.97 Å². The van der Waals surface area contributed by atoms with Crippen LogP contribution in [0, 0.1) is 0 Å². The van der Waals surface area contributed by atoms with Crippen LogP contribution in [0.25, 0.3) is 11.1 Å². The molecule has 0 atom stereocenters. The molecule has 0 fully saturated rings. The monoisotopic (exact) mass is 443 g/mol. The zero-order valence-corrected chi connectivity index (χ0v) is 17.2. The highest BCUT2D eigenvalue weighted by atomic mass is 35.5. The van der Waals surface area contributed by atoms with Gasteiger partial charge in [-0.15, -0.1) is 0 Å². The van der Waals surface area contributed by atoms with Crippen LogP contribution in [0.5, 0.6) is 11.5 Å². The van der Waals surface area contributed by atoms with E-state index >= 15 is 0 Å². The molecule has 8 heteroatoms. The van der Waals surface area contributed by atoms with Crippen molar-refractivity contribution < 1.29 is 23.8 Å². The van der Waals surface area contributed by atoms with Gasteiger partial charge < -0.3 is 19.5 Å². The zero-order valence-electron chi connectivity index (χ0n) is 15.7. The first kappa shape index (κ1) is 20.1. The molecule has 1 heterocycles. The predicted octanol–water partition coefficient (Wildman–Crippen LogP) is 5.43. The number of anilines is 1. The van der Waals surface area contributed by atoms with Gasteiger partial charge in [0.25, 0.3) is 5.91 Å². The number of rotatable bonds is 4. The predicted molar refractivity (Wildman–Crippen MR) is 114 cm³/mol. The largest absolute Gasteiger partial charge is 0.465 e. The Morgan fingerprint density at radius 2 is 1.63 bits per heavy atom. The molecule has 4 rings (SSSR count). The van der Waals surface area contributed by atoms with Crippen LogP contribution in [0.1, 0.15) is 20.7 Å². The van der Waals surface area contributed by atoms with E-state index in [0.717, 1.165) is 11.1 Å². The molecule has 152 valence electrons. The maximum Gasteiger partial charge on any atom is 0.339 e. The molecule has 0 bridgehead atoms. The molecule has 0 aliphatic carbocycles. The molecule has 0 spiro atoms. The summed E-state index contributed by atoms with van der Waals surface area (Å²) in [7, 11) is 1.28.